The SMILES string of the molecule is O=C(NCc1cccnc1)C(=O)NC[C@@H](c1ccco1)S(=O)(=O)c1ccc(Cl)cc1. The van der Waals surface area contributed by atoms with Crippen molar-refractivity contribution >= 4 is 33.3 Å². The zero-order valence-corrected chi connectivity index (χ0v) is 17.2. The highest BCUT2D eigenvalue weighted by Gasteiger charge is 2.32. The molecule has 0 bridgehead atoms. The Labute approximate surface area is 178 Å². The number of rotatable bonds is 7. The van der Waals surface area contributed by atoms with Crippen LogP contribution >= 0.6 is 11.6 Å². The van der Waals surface area contributed by atoms with Crippen LogP contribution in [0.2, 0.25) is 5.02 Å². The van der Waals surface area contributed by atoms with E-state index in [2.05, 4.69) is 15.6 Å². The van der Waals surface area contributed by atoms with Gasteiger partial charge >= 0.3 is 11.8 Å². The zero-order chi connectivity index (χ0) is 21.6. The minimum Gasteiger partial charge on any atom is -0.468 e. The van der Waals surface area contributed by atoms with E-state index in [1.807, 2.05) is 0 Å². The first-order valence-electron chi connectivity index (χ1n) is 8.85. The van der Waals surface area contributed by atoms with E-state index in [-0.39, 0.29) is 23.7 Å². The van der Waals surface area contributed by atoms with Crippen LogP contribution in [0.1, 0.15) is 16.6 Å². The lowest BCUT2D eigenvalue weighted by molar-refractivity contribution is -0.139. The van der Waals surface area contributed by atoms with Crippen LogP contribution in [0, 0.1) is 0 Å². The van der Waals surface area contributed by atoms with Crippen molar-refractivity contribution in [2.75, 3.05) is 6.54 Å². The molecule has 0 aliphatic carbocycles. The summed E-state index contributed by atoms with van der Waals surface area (Å²) in [7, 11) is -3.92. The Balaban J connectivity index is 1.69. The predicted octanol–water partition coefficient (Wildman–Crippen LogP) is 2.28. The number of benzene rings is 1. The van der Waals surface area contributed by atoms with E-state index in [4.69, 9.17) is 16.0 Å². The summed E-state index contributed by atoms with van der Waals surface area (Å²) in [6, 6.07) is 12.1. The van der Waals surface area contributed by atoms with E-state index in [1.165, 1.54) is 36.6 Å². The van der Waals surface area contributed by atoms with Crippen LogP contribution in [-0.2, 0) is 26.0 Å². The van der Waals surface area contributed by atoms with Gasteiger partial charge in [-0.05, 0) is 48.0 Å². The second-order valence-electron chi connectivity index (χ2n) is 6.26. The van der Waals surface area contributed by atoms with Gasteiger partial charge in [0.05, 0.1) is 11.2 Å². The molecule has 2 amide bonds. The molecular formula is C20H18ClN3O5S. The van der Waals surface area contributed by atoms with Crippen molar-refractivity contribution in [2.45, 2.75) is 16.7 Å². The fourth-order valence-electron chi connectivity index (χ4n) is 2.66. The van der Waals surface area contributed by atoms with E-state index in [9.17, 15) is 18.0 Å². The number of nitrogens with one attached hydrogen (secondary N) is 2. The molecule has 10 heteroatoms. The zero-order valence-electron chi connectivity index (χ0n) is 15.6. The monoisotopic (exact) mass is 447 g/mol. The van der Waals surface area contributed by atoms with Gasteiger partial charge in [-0.1, -0.05) is 17.7 Å². The standard InChI is InChI=1S/C20H18ClN3O5S/c21-15-5-7-16(8-6-15)30(27,28)18(17-4-2-10-29-17)13-24-20(26)19(25)23-12-14-3-1-9-22-11-14/h1-11,18H,12-13H2,(H,23,25)(H,24,26)/t18-/m0/s1. The molecule has 0 spiro atoms. The van der Waals surface area contributed by atoms with Gasteiger partial charge in [0.25, 0.3) is 0 Å². The highest BCUT2D eigenvalue weighted by molar-refractivity contribution is 7.91. The maximum Gasteiger partial charge on any atom is 0.309 e. The van der Waals surface area contributed by atoms with Crippen molar-refractivity contribution in [3.8, 4) is 0 Å². The number of halogens is 1. The Morgan fingerprint density at radius 2 is 1.77 bits per heavy atom. The van der Waals surface area contributed by atoms with Crippen molar-refractivity contribution in [1.82, 2.24) is 15.6 Å². The molecule has 30 heavy (non-hydrogen) atoms. The summed E-state index contributed by atoms with van der Waals surface area (Å²) in [5.41, 5.74) is 0.720. The van der Waals surface area contributed by atoms with Crippen molar-refractivity contribution in [3.05, 3.63) is 83.5 Å². The van der Waals surface area contributed by atoms with Crippen molar-refractivity contribution in [2.24, 2.45) is 0 Å². The van der Waals surface area contributed by atoms with Gasteiger partial charge in [-0.25, -0.2) is 8.42 Å². The number of carbonyl (C=O) groups is 2. The summed E-state index contributed by atoms with van der Waals surface area (Å²) < 4.78 is 31.4. The van der Waals surface area contributed by atoms with Crippen LogP contribution in [0.5, 0.6) is 0 Å². The highest BCUT2D eigenvalue weighted by Crippen LogP contribution is 2.29. The molecule has 0 radical (unpaired) electrons. The Morgan fingerprint density at radius 1 is 1.03 bits per heavy atom. The van der Waals surface area contributed by atoms with Crippen LogP contribution in [-0.4, -0.2) is 31.8 Å². The van der Waals surface area contributed by atoms with Gasteiger partial charge in [0.1, 0.15) is 11.0 Å². The summed E-state index contributed by atoms with van der Waals surface area (Å²) in [4.78, 5) is 28.1. The third-order valence-corrected chi connectivity index (χ3v) is 6.54. The topological polar surface area (TPSA) is 118 Å². The molecule has 2 aromatic heterocycles. The maximum absolute atomic E-state index is 13.1. The Morgan fingerprint density at radius 3 is 2.40 bits per heavy atom. The maximum atomic E-state index is 13.1. The van der Waals surface area contributed by atoms with Crippen LogP contribution in [0.4, 0.5) is 0 Å². The number of aromatic nitrogens is 1. The van der Waals surface area contributed by atoms with Crippen molar-refractivity contribution < 1.29 is 22.4 Å². The fourth-order valence-corrected chi connectivity index (χ4v) is 4.37. The first-order valence-corrected chi connectivity index (χ1v) is 10.8. The molecule has 0 unspecified atom stereocenters. The van der Waals surface area contributed by atoms with Gasteiger partial charge < -0.3 is 15.1 Å². The van der Waals surface area contributed by atoms with E-state index in [0.29, 0.717) is 5.02 Å². The molecule has 2 N–H and O–H groups in total. The summed E-state index contributed by atoms with van der Waals surface area (Å²) >= 11 is 5.83. The van der Waals surface area contributed by atoms with Crippen LogP contribution < -0.4 is 10.6 Å². The number of furan rings is 1. The van der Waals surface area contributed by atoms with Gasteiger partial charge in [-0.3, -0.25) is 14.6 Å². The average Bonchev–Trinajstić information content (AvgIpc) is 3.27. The quantitative estimate of drug-likeness (QED) is 0.536. The second-order valence-corrected chi connectivity index (χ2v) is 8.82. The minimum absolute atomic E-state index is 0.0172. The number of carbonyl (C=O) groups excluding carboxylic acids is 2. The van der Waals surface area contributed by atoms with Crippen molar-refractivity contribution in [3.63, 3.8) is 0 Å². The van der Waals surface area contributed by atoms with Gasteiger partial charge in [-0.15, -0.1) is 0 Å². The van der Waals surface area contributed by atoms with E-state index in [0.717, 1.165) is 5.56 Å². The Kier molecular flexibility index (Phi) is 6.86. The second kappa shape index (κ2) is 9.55. The summed E-state index contributed by atoms with van der Waals surface area (Å²) in [6.45, 7) is -0.234. The molecule has 1 aromatic carbocycles. The van der Waals surface area contributed by atoms with Gasteiger partial charge in [0.15, 0.2) is 9.84 Å². The molecule has 0 saturated carbocycles. The molecule has 3 rings (SSSR count). The molecule has 1 atom stereocenters. The lowest BCUT2D eigenvalue weighted by Crippen LogP contribution is -2.42. The number of hydrogen-bond donors (Lipinski definition) is 2. The minimum atomic E-state index is -3.92. The van der Waals surface area contributed by atoms with Crippen LogP contribution in [0.3, 0.4) is 0 Å². The molecule has 0 aliphatic heterocycles. The molecule has 8 nitrogen and oxygen atoms in total. The molecule has 0 aliphatic rings. The third-order valence-electron chi connectivity index (χ3n) is 4.21. The number of pyridine rings is 1. The molecule has 156 valence electrons. The van der Waals surface area contributed by atoms with Gasteiger partial charge in [0, 0.05) is 30.5 Å². The lowest BCUT2D eigenvalue weighted by atomic mass is 10.3. The van der Waals surface area contributed by atoms with E-state index >= 15 is 0 Å². The Bertz CT molecular complexity index is 1100. The molecule has 0 saturated heterocycles. The molecular weight excluding hydrogens is 430 g/mol. The Hall–Kier alpha value is -3.17. The number of amides is 2. The molecule has 2 heterocycles. The molecule has 0 fully saturated rings. The number of nitrogens with zero attached hydrogens (tertiary/aromatic N) is 1. The third kappa shape index (κ3) is 5.25. The van der Waals surface area contributed by atoms with E-state index < -0.39 is 26.9 Å². The lowest BCUT2D eigenvalue weighted by Gasteiger charge is -2.16. The predicted molar refractivity (Wildman–Crippen MR) is 109 cm³/mol. The number of sulfone groups is 1. The molecule has 3 aromatic rings. The highest BCUT2D eigenvalue weighted by atomic mass is 35.5. The fraction of sp³-hybridized carbons (Fsp3) is 0.150. The van der Waals surface area contributed by atoms with Gasteiger partial charge in [-0.2, -0.15) is 0 Å². The summed E-state index contributed by atoms with van der Waals surface area (Å²) in [5.74, 6) is -1.70. The van der Waals surface area contributed by atoms with Crippen LogP contribution in [0.25, 0.3) is 0 Å². The first kappa shape index (κ1) is 21.5. The summed E-state index contributed by atoms with van der Waals surface area (Å²) in [5, 5.41) is 3.99. The smallest absolute Gasteiger partial charge is 0.309 e. The summed E-state index contributed by atoms with van der Waals surface area (Å²) in [6.07, 6.45) is 4.49. The first-order chi connectivity index (χ1) is 14.4. The normalized spacial score (nSPS) is 12.2. The van der Waals surface area contributed by atoms with Crippen LogP contribution in [0.15, 0.2) is 76.5 Å². The van der Waals surface area contributed by atoms with Crippen molar-refractivity contribution in [1.29, 1.82) is 0 Å². The van der Waals surface area contributed by atoms with Gasteiger partial charge in [0.2, 0.25) is 0 Å². The largest absolute Gasteiger partial charge is 0.468 e. The number of hydrogen-bond acceptors (Lipinski definition) is 6. The van der Waals surface area contributed by atoms with E-state index in [1.54, 1.807) is 30.6 Å². The average molecular weight is 448 g/mol.